The van der Waals surface area contributed by atoms with Gasteiger partial charge in [-0.25, -0.2) is 0 Å². The minimum atomic E-state index is 0. The van der Waals surface area contributed by atoms with E-state index in [1.54, 1.807) is 0 Å². The molecule has 2 atom stereocenters. The Kier molecular flexibility index (Phi) is 5.30. The minimum absolute atomic E-state index is 0. The average Bonchev–Trinajstić information content (AvgIpc) is 3.04. The second-order valence-corrected chi connectivity index (χ2v) is 6.79. The number of benzene rings is 2. The molecule has 0 bridgehead atoms. The van der Waals surface area contributed by atoms with Crippen molar-refractivity contribution in [1.82, 2.24) is 0 Å². The summed E-state index contributed by atoms with van der Waals surface area (Å²) >= 11 is 13.2. The van der Waals surface area contributed by atoms with Crippen molar-refractivity contribution in [1.29, 1.82) is 0 Å². The Morgan fingerprint density at radius 1 is 0.652 bits per heavy atom. The molecule has 0 saturated heterocycles. The van der Waals surface area contributed by atoms with E-state index in [1.807, 2.05) is 0 Å². The van der Waals surface area contributed by atoms with Gasteiger partial charge in [-0.3, -0.25) is 0 Å². The Bertz CT molecular complexity index is 724. The molecule has 2 unspecified atom stereocenters. The van der Waals surface area contributed by atoms with Crippen LogP contribution in [0.15, 0.2) is 59.7 Å². The summed E-state index contributed by atoms with van der Waals surface area (Å²) in [5.74, 6) is 0. The Morgan fingerprint density at radius 3 is 1.43 bits per heavy atom. The number of hydrogen-bond donors (Lipinski definition) is 0. The van der Waals surface area contributed by atoms with Crippen LogP contribution in [0.3, 0.4) is 0 Å². The molecular weight excluding hydrogens is 490 g/mol. The molecule has 3 heteroatoms. The summed E-state index contributed by atoms with van der Waals surface area (Å²) in [4.78, 5) is 0. The third kappa shape index (κ3) is 3.16. The molecule has 0 aliphatic heterocycles. The molecule has 0 fully saturated rings. The van der Waals surface area contributed by atoms with E-state index in [9.17, 15) is 0 Å². The van der Waals surface area contributed by atoms with Crippen LogP contribution in [-0.4, -0.2) is 0 Å². The average molecular weight is 506 g/mol. The topological polar surface area (TPSA) is 0 Å². The van der Waals surface area contributed by atoms with Gasteiger partial charge in [0.05, 0.1) is 10.8 Å². The third-order valence-corrected chi connectivity index (χ3v) is 5.60. The van der Waals surface area contributed by atoms with Crippen LogP contribution in [0.2, 0.25) is 0 Å². The Labute approximate surface area is 166 Å². The number of allylic oxidation sites excluding steroid dienone is 2. The molecular formula is C20H16Cl2Hf. The first-order chi connectivity index (χ1) is 10.7. The van der Waals surface area contributed by atoms with Crippen LogP contribution in [0.25, 0.3) is 12.2 Å². The molecule has 2 aliphatic carbocycles. The van der Waals surface area contributed by atoms with Crippen molar-refractivity contribution < 1.29 is 25.8 Å². The SMILES string of the molecule is ClC1C(CCC2=Cc3ccccc3C2Cl)=Cc2ccccc21.[Hf]. The fraction of sp³-hybridized carbons (Fsp3) is 0.200. The minimum Gasteiger partial charge on any atom is -0.113 e. The molecule has 0 spiro atoms. The molecule has 0 saturated carbocycles. The monoisotopic (exact) mass is 506 g/mol. The van der Waals surface area contributed by atoms with Gasteiger partial charge in [-0.1, -0.05) is 60.7 Å². The quantitative estimate of drug-likeness (QED) is 0.329. The van der Waals surface area contributed by atoms with Crippen LogP contribution in [0.5, 0.6) is 0 Å². The molecule has 0 heterocycles. The Balaban J connectivity index is 0.00000156. The van der Waals surface area contributed by atoms with E-state index in [2.05, 4.69) is 60.7 Å². The molecule has 4 rings (SSSR count). The second-order valence-electron chi connectivity index (χ2n) is 5.92. The Hall–Kier alpha value is -0.630. The summed E-state index contributed by atoms with van der Waals surface area (Å²) in [6.07, 6.45) is 6.40. The van der Waals surface area contributed by atoms with Crippen molar-refractivity contribution in [3.05, 3.63) is 81.9 Å². The van der Waals surface area contributed by atoms with Crippen molar-refractivity contribution in [2.24, 2.45) is 0 Å². The molecule has 0 nitrogen and oxygen atoms in total. The van der Waals surface area contributed by atoms with Crippen LogP contribution in [0.1, 0.15) is 45.8 Å². The maximum absolute atomic E-state index is 6.60. The first-order valence-electron chi connectivity index (χ1n) is 7.61. The predicted molar refractivity (Wildman–Crippen MR) is 95.3 cm³/mol. The molecule has 114 valence electrons. The number of hydrogen-bond acceptors (Lipinski definition) is 0. The standard InChI is InChI=1S/C20H16Cl2.Hf/c21-19-15(11-13-5-1-3-7-17(13)19)9-10-16-12-14-6-2-4-8-18(14)20(16)22;/h1-8,11-12,19-20H,9-10H2;. The third-order valence-electron chi connectivity index (χ3n) is 4.57. The van der Waals surface area contributed by atoms with E-state index in [1.165, 1.54) is 33.4 Å². The van der Waals surface area contributed by atoms with E-state index in [-0.39, 0.29) is 36.6 Å². The first-order valence-corrected chi connectivity index (χ1v) is 8.48. The number of fused-ring (bicyclic) bond motifs is 2. The van der Waals surface area contributed by atoms with Crippen LogP contribution < -0.4 is 0 Å². The van der Waals surface area contributed by atoms with Crippen LogP contribution in [0, 0.1) is 0 Å². The molecule has 2 aliphatic rings. The summed E-state index contributed by atoms with van der Waals surface area (Å²) in [6.45, 7) is 0. The maximum atomic E-state index is 6.60. The zero-order chi connectivity index (χ0) is 15.1. The van der Waals surface area contributed by atoms with Crippen molar-refractivity contribution in [3.8, 4) is 0 Å². The van der Waals surface area contributed by atoms with Gasteiger partial charge >= 0.3 is 0 Å². The normalized spacial score (nSPS) is 21.1. The van der Waals surface area contributed by atoms with Gasteiger partial charge < -0.3 is 0 Å². The van der Waals surface area contributed by atoms with Crippen molar-refractivity contribution in [2.45, 2.75) is 23.6 Å². The largest absolute Gasteiger partial charge is 0.113 e. The summed E-state index contributed by atoms with van der Waals surface area (Å²) in [5.41, 5.74) is 7.55. The van der Waals surface area contributed by atoms with Crippen molar-refractivity contribution in [3.63, 3.8) is 0 Å². The molecule has 0 amide bonds. The van der Waals surface area contributed by atoms with Gasteiger partial charge in [-0.05, 0) is 46.2 Å². The first kappa shape index (κ1) is 17.2. The van der Waals surface area contributed by atoms with Crippen molar-refractivity contribution in [2.75, 3.05) is 0 Å². The number of halogens is 2. The van der Waals surface area contributed by atoms with Crippen molar-refractivity contribution >= 4 is 35.4 Å². The van der Waals surface area contributed by atoms with E-state index in [4.69, 9.17) is 23.2 Å². The van der Waals surface area contributed by atoms with Gasteiger partial charge in [-0.2, -0.15) is 0 Å². The van der Waals surface area contributed by atoms with Gasteiger partial charge in [0.2, 0.25) is 0 Å². The van der Waals surface area contributed by atoms with Crippen LogP contribution in [0.4, 0.5) is 0 Å². The number of rotatable bonds is 3. The summed E-state index contributed by atoms with van der Waals surface area (Å²) in [7, 11) is 0. The number of alkyl halides is 2. The molecule has 0 N–H and O–H groups in total. The zero-order valence-corrected chi connectivity index (χ0v) is 17.7. The molecule has 2 aromatic rings. The summed E-state index contributed by atoms with van der Waals surface area (Å²) in [5, 5.41) is 0.0173. The summed E-state index contributed by atoms with van der Waals surface area (Å²) in [6, 6.07) is 16.7. The van der Waals surface area contributed by atoms with E-state index in [0.29, 0.717) is 0 Å². The zero-order valence-electron chi connectivity index (χ0n) is 12.6. The Morgan fingerprint density at radius 2 is 1.04 bits per heavy atom. The molecule has 23 heavy (non-hydrogen) atoms. The van der Waals surface area contributed by atoms with Crippen LogP contribution >= 0.6 is 23.2 Å². The van der Waals surface area contributed by atoms with Gasteiger partial charge in [0.25, 0.3) is 0 Å². The van der Waals surface area contributed by atoms with E-state index in [0.717, 1.165) is 12.8 Å². The second kappa shape index (κ2) is 7.09. The van der Waals surface area contributed by atoms with Gasteiger partial charge in [0, 0.05) is 25.8 Å². The predicted octanol–water partition coefficient (Wildman–Crippen LogP) is 6.52. The van der Waals surface area contributed by atoms with E-state index < -0.39 is 0 Å². The molecule has 0 aromatic heterocycles. The van der Waals surface area contributed by atoms with E-state index >= 15 is 0 Å². The van der Waals surface area contributed by atoms with Crippen LogP contribution in [-0.2, 0) is 25.8 Å². The smallest absolute Gasteiger partial charge is 0.0804 e. The van der Waals surface area contributed by atoms with Gasteiger partial charge in [0.15, 0.2) is 0 Å². The maximum Gasteiger partial charge on any atom is 0.0804 e. The molecule has 2 aromatic carbocycles. The summed E-state index contributed by atoms with van der Waals surface area (Å²) < 4.78 is 0. The fourth-order valence-corrected chi connectivity index (χ4v) is 4.12. The fourth-order valence-electron chi connectivity index (χ4n) is 3.38. The van der Waals surface area contributed by atoms with Gasteiger partial charge in [-0.15, -0.1) is 23.2 Å². The van der Waals surface area contributed by atoms with Gasteiger partial charge in [0.1, 0.15) is 0 Å². The molecule has 0 radical (unpaired) electrons.